The van der Waals surface area contributed by atoms with Crippen molar-refractivity contribution in [2.24, 2.45) is 0 Å². The Morgan fingerprint density at radius 3 is 2.83 bits per heavy atom. The van der Waals surface area contributed by atoms with Crippen LogP contribution in [-0.2, 0) is 18.4 Å². The van der Waals surface area contributed by atoms with Gasteiger partial charge in [0.2, 0.25) is 0 Å². The quantitative estimate of drug-likeness (QED) is 0.924. The van der Waals surface area contributed by atoms with Crippen LogP contribution in [0.4, 0.5) is 0 Å². The number of nitrogens with zero attached hydrogens (tertiary/aromatic N) is 1. The van der Waals surface area contributed by atoms with Gasteiger partial charge >= 0.3 is 0 Å². The van der Waals surface area contributed by atoms with Crippen LogP contribution in [0.25, 0.3) is 0 Å². The van der Waals surface area contributed by atoms with Gasteiger partial charge in [-0.1, -0.05) is 24.3 Å². The van der Waals surface area contributed by atoms with Crippen LogP contribution in [0.2, 0.25) is 0 Å². The van der Waals surface area contributed by atoms with Crippen molar-refractivity contribution in [2.75, 3.05) is 0 Å². The second-order valence-corrected chi connectivity index (χ2v) is 5.75. The van der Waals surface area contributed by atoms with Crippen LogP contribution in [0, 0.1) is 0 Å². The Kier molecular flexibility index (Phi) is 2.96. The van der Waals surface area contributed by atoms with Gasteiger partial charge in [-0.15, -0.1) is 0 Å². The largest absolute Gasteiger partial charge is 0.385 e. The molecule has 2 nitrogen and oxygen atoms in total. The minimum absolute atomic E-state index is 0.581. The van der Waals surface area contributed by atoms with Crippen molar-refractivity contribution in [2.45, 2.75) is 24.9 Å². The maximum atomic E-state index is 10.8. The zero-order valence-electron chi connectivity index (χ0n) is 9.94. The fraction of sp³-hybridized carbons (Fsp3) is 0.267. The second-order valence-electron chi connectivity index (χ2n) is 4.83. The van der Waals surface area contributed by atoms with Crippen LogP contribution in [0.3, 0.4) is 0 Å². The fourth-order valence-electron chi connectivity index (χ4n) is 2.66. The first-order chi connectivity index (χ1) is 8.67. The molecule has 3 heteroatoms. The lowest BCUT2D eigenvalue weighted by atomic mass is 9.91. The van der Waals surface area contributed by atoms with E-state index in [4.69, 9.17) is 0 Å². The van der Waals surface area contributed by atoms with Crippen molar-refractivity contribution in [1.29, 1.82) is 0 Å². The maximum Gasteiger partial charge on any atom is 0.0957 e. The van der Waals surface area contributed by atoms with Crippen molar-refractivity contribution in [3.05, 3.63) is 63.9 Å². The number of fused-ring (bicyclic) bond motifs is 1. The van der Waals surface area contributed by atoms with Crippen molar-refractivity contribution in [3.8, 4) is 0 Å². The Labute approximate surface area is 115 Å². The lowest BCUT2D eigenvalue weighted by Crippen LogP contribution is -2.25. The van der Waals surface area contributed by atoms with Crippen LogP contribution in [0.15, 0.2) is 47.1 Å². The smallest absolute Gasteiger partial charge is 0.0957 e. The zero-order chi connectivity index (χ0) is 12.6. The summed E-state index contributed by atoms with van der Waals surface area (Å²) in [5, 5.41) is 10.8. The molecule has 1 heterocycles. The van der Waals surface area contributed by atoms with Gasteiger partial charge in [0.05, 0.1) is 5.60 Å². The molecule has 0 saturated carbocycles. The molecule has 1 atom stereocenters. The molecule has 0 saturated heterocycles. The molecule has 0 fully saturated rings. The van der Waals surface area contributed by atoms with E-state index in [9.17, 15) is 5.11 Å². The SMILES string of the molecule is OC1(Cc2ccc(Br)cn2)CCc2ccccc21. The van der Waals surface area contributed by atoms with E-state index in [1.54, 1.807) is 6.20 Å². The van der Waals surface area contributed by atoms with E-state index < -0.39 is 5.60 Å². The molecule has 0 amide bonds. The Morgan fingerprint density at radius 2 is 2.06 bits per heavy atom. The predicted molar refractivity (Wildman–Crippen MR) is 74.3 cm³/mol. The summed E-state index contributed by atoms with van der Waals surface area (Å²) >= 11 is 3.37. The molecule has 0 radical (unpaired) electrons. The van der Waals surface area contributed by atoms with Gasteiger partial charge in [-0.2, -0.15) is 0 Å². The molecule has 1 unspecified atom stereocenters. The van der Waals surface area contributed by atoms with Crippen molar-refractivity contribution >= 4 is 15.9 Å². The minimum atomic E-state index is -0.753. The van der Waals surface area contributed by atoms with Gasteiger partial charge in [-0.05, 0) is 52.0 Å². The average Bonchev–Trinajstić information content (AvgIpc) is 2.71. The number of pyridine rings is 1. The first kappa shape index (κ1) is 11.9. The Morgan fingerprint density at radius 1 is 1.22 bits per heavy atom. The van der Waals surface area contributed by atoms with E-state index in [1.165, 1.54) is 5.56 Å². The molecular formula is C15H14BrNO. The molecule has 1 aliphatic carbocycles. The molecule has 1 aromatic carbocycles. The highest BCUT2D eigenvalue weighted by atomic mass is 79.9. The van der Waals surface area contributed by atoms with Gasteiger partial charge in [-0.3, -0.25) is 4.98 Å². The Hall–Kier alpha value is -1.19. The van der Waals surface area contributed by atoms with Crippen LogP contribution in [0.1, 0.15) is 23.2 Å². The topological polar surface area (TPSA) is 33.1 Å². The highest BCUT2D eigenvalue weighted by Crippen LogP contribution is 2.38. The molecule has 0 spiro atoms. The number of hydrogen-bond acceptors (Lipinski definition) is 2. The average molecular weight is 304 g/mol. The number of aromatic nitrogens is 1. The highest BCUT2D eigenvalue weighted by Gasteiger charge is 2.36. The molecule has 92 valence electrons. The Bertz CT molecular complexity index is 567. The van der Waals surface area contributed by atoms with Gasteiger partial charge in [0, 0.05) is 22.8 Å². The van der Waals surface area contributed by atoms with E-state index in [-0.39, 0.29) is 0 Å². The zero-order valence-corrected chi connectivity index (χ0v) is 11.5. The van der Waals surface area contributed by atoms with Gasteiger partial charge in [0.1, 0.15) is 0 Å². The molecule has 1 aromatic heterocycles. The summed E-state index contributed by atoms with van der Waals surface area (Å²) in [5.74, 6) is 0. The summed E-state index contributed by atoms with van der Waals surface area (Å²) in [7, 11) is 0. The number of rotatable bonds is 2. The summed E-state index contributed by atoms with van der Waals surface area (Å²) in [6, 6.07) is 12.1. The van der Waals surface area contributed by atoms with Gasteiger partial charge in [-0.25, -0.2) is 0 Å². The summed E-state index contributed by atoms with van der Waals surface area (Å²) in [6.07, 6.45) is 4.09. The standard InChI is InChI=1S/C15H14BrNO/c16-12-5-6-13(17-10-12)9-15(18)8-7-11-3-1-2-4-14(11)15/h1-6,10,18H,7-9H2. The van der Waals surface area contributed by atoms with E-state index in [0.717, 1.165) is 28.6 Å². The second kappa shape index (κ2) is 4.48. The molecule has 2 aromatic rings. The van der Waals surface area contributed by atoms with Crippen LogP contribution >= 0.6 is 15.9 Å². The van der Waals surface area contributed by atoms with E-state index in [0.29, 0.717) is 6.42 Å². The third-order valence-electron chi connectivity index (χ3n) is 3.59. The fourth-order valence-corrected chi connectivity index (χ4v) is 2.90. The first-order valence-corrected chi connectivity index (χ1v) is 6.88. The molecule has 0 bridgehead atoms. The third kappa shape index (κ3) is 2.08. The van der Waals surface area contributed by atoms with Crippen molar-refractivity contribution in [1.82, 2.24) is 4.98 Å². The van der Waals surface area contributed by atoms with Crippen LogP contribution in [-0.4, -0.2) is 10.1 Å². The molecule has 1 N–H and O–H groups in total. The summed E-state index contributed by atoms with van der Waals surface area (Å²) < 4.78 is 0.963. The lowest BCUT2D eigenvalue weighted by Gasteiger charge is -2.23. The van der Waals surface area contributed by atoms with Crippen LogP contribution in [0.5, 0.6) is 0 Å². The van der Waals surface area contributed by atoms with Crippen molar-refractivity contribution in [3.63, 3.8) is 0 Å². The van der Waals surface area contributed by atoms with E-state index in [1.807, 2.05) is 30.3 Å². The van der Waals surface area contributed by atoms with Crippen molar-refractivity contribution < 1.29 is 5.11 Å². The predicted octanol–water partition coefficient (Wildman–Crippen LogP) is 3.22. The number of halogens is 1. The summed E-state index contributed by atoms with van der Waals surface area (Å²) in [4.78, 5) is 4.35. The number of benzene rings is 1. The van der Waals surface area contributed by atoms with Gasteiger partial charge in [0.25, 0.3) is 0 Å². The maximum absolute atomic E-state index is 10.8. The summed E-state index contributed by atoms with van der Waals surface area (Å²) in [5.41, 5.74) is 2.50. The Balaban J connectivity index is 1.91. The molecule has 18 heavy (non-hydrogen) atoms. The number of hydrogen-bond donors (Lipinski definition) is 1. The van der Waals surface area contributed by atoms with E-state index in [2.05, 4.69) is 27.0 Å². The van der Waals surface area contributed by atoms with Crippen LogP contribution < -0.4 is 0 Å². The first-order valence-electron chi connectivity index (χ1n) is 6.09. The van der Waals surface area contributed by atoms with Gasteiger partial charge in [0.15, 0.2) is 0 Å². The van der Waals surface area contributed by atoms with Gasteiger partial charge < -0.3 is 5.11 Å². The molecular weight excluding hydrogens is 290 g/mol. The number of aryl methyl sites for hydroxylation is 1. The molecule has 1 aliphatic rings. The van der Waals surface area contributed by atoms with E-state index >= 15 is 0 Å². The third-order valence-corrected chi connectivity index (χ3v) is 4.06. The highest BCUT2D eigenvalue weighted by molar-refractivity contribution is 9.10. The number of aliphatic hydroxyl groups is 1. The summed E-state index contributed by atoms with van der Waals surface area (Å²) in [6.45, 7) is 0. The minimum Gasteiger partial charge on any atom is -0.385 e. The monoisotopic (exact) mass is 303 g/mol. The normalized spacial score (nSPS) is 21.9. The molecule has 0 aliphatic heterocycles. The molecule has 3 rings (SSSR count). The lowest BCUT2D eigenvalue weighted by molar-refractivity contribution is 0.0380.